The van der Waals surface area contributed by atoms with Crippen LogP contribution in [0.1, 0.15) is 39.9 Å². The molecule has 2 aromatic rings. The Kier molecular flexibility index (Phi) is 3.53. The van der Waals surface area contributed by atoms with Crippen molar-refractivity contribution in [3.63, 3.8) is 0 Å². The van der Waals surface area contributed by atoms with Crippen molar-refractivity contribution in [2.24, 2.45) is 5.92 Å². The molecule has 3 atom stereocenters. The molecule has 1 aliphatic carbocycles. The Hall–Kier alpha value is -2.75. The largest absolute Gasteiger partial charge is 0.545 e. The molecule has 2 aliphatic rings. The number of carbonyl (C=O) groups excluding carboxylic acids is 1. The molecule has 2 aromatic carbocycles. The Morgan fingerprint density at radius 3 is 2.83 bits per heavy atom. The van der Waals surface area contributed by atoms with Gasteiger partial charge in [-0.25, -0.2) is 0 Å². The lowest BCUT2D eigenvalue weighted by Gasteiger charge is -2.38. The Bertz CT molecular complexity index is 827. The number of aromatic carboxylic acids is 1. The lowest BCUT2D eigenvalue weighted by atomic mass is 9.76. The number of benzene rings is 2. The number of rotatable bonds is 3. The van der Waals surface area contributed by atoms with Crippen molar-refractivity contribution < 1.29 is 14.6 Å². The summed E-state index contributed by atoms with van der Waals surface area (Å²) in [4.78, 5) is 11.2. The van der Waals surface area contributed by atoms with Gasteiger partial charge in [0.1, 0.15) is 5.75 Å². The van der Waals surface area contributed by atoms with Crippen molar-refractivity contribution in [2.45, 2.75) is 18.4 Å². The molecule has 0 unspecified atom stereocenters. The van der Waals surface area contributed by atoms with Crippen LogP contribution in [0, 0.1) is 5.92 Å². The predicted octanol–water partition coefficient (Wildman–Crippen LogP) is 2.89. The second-order valence-electron chi connectivity index (χ2n) is 6.31. The minimum Gasteiger partial charge on any atom is -0.545 e. The fraction of sp³-hybridized carbons (Fsp3) is 0.250. The topological polar surface area (TPSA) is 61.4 Å². The van der Waals surface area contributed by atoms with E-state index in [-0.39, 0.29) is 17.5 Å². The molecule has 4 rings (SSSR count). The normalized spacial score (nSPS) is 24.0. The van der Waals surface area contributed by atoms with E-state index in [0.29, 0.717) is 5.92 Å². The number of anilines is 1. The van der Waals surface area contributed by atoms with E-state index in [4.69, 9.17) is 4.74 Å². The van der Waals surface area contributed by atoms with Crippen LogP contribution in [-0.4, -0.2) is 13.1 Å². The minimum atomic E-state index is -1.14. The summed E-state index contributed by atoms with van der Waals surface area (Å²) in [5, 5.41) is 14.8. The molecule has 1 N–H and O–H groups in total. The maximum atomic E-state index is 11.2. The van der Waals surface area contributed by atoms with Gasteiger partial charge in [0.05, 0.1) is 19.1 Å². The molecule has 0 fully saturated rings. The van der Waals surface area contributed by atoms with Gasteiger partial charge in [-0.3, -0.25) is 0 Å². The standard InChI is InChI=1S/C20H19NO3/c1-24-18-8-3-2-5-15(18)19-14-7-4-6-13(14)16-11-12(20(22)23)9-10-17(16)21-19/h2-6,8-11,13-14,19,21H,7H2,1H3,(H,22,23)/p-1/t13-,14+,19-/m1/s1. The molecule has 0 saturated heterocycles. The van der Waals surface area contributed by atoms with Gasteiger partial charge >= 0.3 is 0 Å². The lowest BCUT2D eigenvalue weighted by molar-refractivity contribution is -0.255. The summed E-state index contributed by atoms with van der Waals surface area (Å²) < 4.78 is 5.54. The van der Waals surface area contributed by atoms with Gasteiger partial charge in [0, 0.05) is 17.2 Å². The summed E-state index contributed by atoms with van der Waals surface area (Å²) in [6, 6.07) is 13.4. The van der Waals surface area contributed by atoms with E-state index in [2.05, 4.69) is 23.5 Å². The average molecular weight is 320 g/mol. The molecule has 0 amide bonds. The summed E-state index contributed by atoms with van der Waals surface area (Å²) >= 11 is 0. The van der Waals surface area contributed by atoms with Gasteiger partial charge in [-0.15, -0.1) is 0 Å². The zero-order chi connectivity index (χ0) is 16.7. The second-order valence-corrected chi connectivity index (χ2v) is 6.31. The van der Waals surface area contributed by atoms with Gasteiger partial charge in [-0.05, 0) is 41.7 Å². The van der Waals surface area contributed by atoms with Crippen LogP contribution in [0.5, 0.6) is 5.75 Å². The smallest absolute Gasteiger partial charge is 0.124 e. The van der Waals surface area contributed by atoms with Crippen LogP contribution in [0.2, 0.25) is 0 Å². The van der Waals surface area contributed by atoms with E-state index in [1.54, 1.807) is 19.2 Å². The first-order valence-corrected chi connectivity index (χ1v) is 8.10. The number of methoxy groups -OCH3 is 1. The van der Waals surface area contributed by atoms with Crippen molar-refractivity contribution >= 4 is 11.7 Å². The number of hydrogen-bond acceptors (Lipinski definition) is 4. The maximum Gasteiger partial charge on any atom is 0.124 e. The fourth-order valence-corrected chi connectivity index (χ4v) is 3.95. The lowest BCUT2D eigenvalue weighted by Crippen LogP contribution is -2.30. The number of allylic oxidation sites excluding steroid dienone is 2. The van der Waals surface area contributed by atoms with Gasteiger partial charge < -0.3 is 20.0 Å². The number of carboxylic acid groups (broad SMARTS) is 1. The van der Waals surface area contributed by atoms with E-state index in [0.717, 1.165) is 29.0 Å². The van der Waals surface area contributed by atoms with Gasteiger partial charge in [-0.1, -0.05) is 36.4 Å². The summed E-state index contributed by atoms with van der Waals surface area (Å²) in [6.07, 6.45) is 5.32. The Labute approximate surface area is 140 Å². The maximum absolute atomic E-state index is 11.2. The highest BCUT2D eigenvalue weighted by atomic mass is 16.5. The number of fused-ring (bicyclic) bond motifs is 3. The van der Waals surface area contributed by atoms with E-state index < -0.39 is 5.97 Å². The first kappa shape index (κ1) is 14.8. The molecule has 0 radical (unpaired) electrons. The number of para-hydroxylation sites is 1. The Balaban J connectivity index is 1.80. The Morgan fingerprint density at radius 2 is 2.04 bits per heavy atom. The molecular weight excluding hydrogens is 302 g/mol. The molecular formula is C20H18NO3-. The van der Waals surface area contributed by atoms with Crippen molar-refractivity contribution in [3.8, 4) is 5.75 Å². The van der Waals surface area contributed by atoms with Crippen molar-refractivity contribution in [2.75, 3.05) is 12.4 Å². The highest BCUT2D eigenvalue weighted by Gasteiger charge is 2.38. The van der Waals surface area contributed by atoms with E-state index in [9.17, 15) is 9.90 Å². The third kappa shape index (κ3) is 2.26. The Morgan fingerprint density at radius 1 is 1.21 bits per heavy atom. The third-order valence-corrected chi connectivity index (χ3v) is 5.07. The molecule has 1 heterocycles. The zero-order valence-corrected chi connectivity index (χ0v) is 13.4. The first-order chi connectivity index (χ1) is 11.7. The summed E-state index contributed by atoms with van der Waals surface area (Å²) in [5.41, 5.74) is 3.36. The van der Waals surface area contributed by atoms with E-state index >= 15 is 0 Å². The number of hydrogen-bond donors (Lipinski definition) is 1. The minimum absolute atomic E-state index is 0.127. The number of ether oxygens (including phenoxy) is 1. The third-order valence-electron chi connectivity index (χ3n) is 5.07. The van der Waals surface area contributed by atoms with Gasteiger partial charge in [-0.2, -0.15) is 0 Å². The molecule has 0 saturated carbocycles. The monoisotopic (exact) mass is 320 g/mol. The zero-order valence-electron chi connectivity index (χ0n) is 13.4. The summed E-state index contributed by atoms with van der Waals surface area (Å²) in [5.74, 6) is 0.278. The molecule has 0 bridgehead atoms. The van der Waals surface area contributed by atoms with E-state index in [1.807, 2.05) is 24.3 Å². The fourth-order valence-electron chi connectivity index (χ4n) is 3.95. The van der Waals surface area contributed by atoms with Crippen LogP contribution >= 0.6 is 0 Å². The van der Waals surface area contributed by atoms with Gasteiger partial charge in [0.2, 0.25) is 0 Å². The van der Waals surface area contributed by atoms with Crippen molar-refractivity contribution in [3.05, 3.63) is 71.3 Å². The summed E-state index contributed by atoms with van der Waals surface area (Å²) in [7, 11) is 1.69. The van der Waals surface area contributed by atoms with E-state index in [1.165, 1.54) is 0 Å². The first-order valence-electron chi connectivity index (χ1n) is 8.10. The quantitative estimate of drug-likeness (QED) is 0.883. The predicted molar refractivity (Wildman–Crippen MR) is 90.1 cm³/mol. The number of carboxylic acids is 1. The SMILES string of the molecule is COc1ccccc1[C@@H]1Nc2ccc(C(=O)[O-])cc2[C@@H]2C=CC[C@@H]21. The molecule has 122 valence electrons. The number of carbonyl (C=O) groups is 1. The molecule has 1 aliphatic heterocycles. The van der Waals surface area contributed by atoms with Crippen LogP contribution in [-0.2, 0) is 0 Å². The van der Waals surface area contributed by atoms with Crippen molar-refractivity contribution in [1.82, 2.24) is 0 Å². The highest BCUT2D eigenvalue weighted by molar-refractivity contribution is 5.87. The second kappa shape index (κ2) is 5.71. The highest BCUT2D eigenvalue weighted by Crippen LogP contribution is 2.51. The molecule has 0 aromatic heterocycles. The summed E-state index contributed by atoms with van der Waals surface area (Å²) in [6.45, 7) is 0. The molecule has 4 nitrogen and oxygen atoms in total. The van der Waals surface area contributed by atoms with Crippen molar-refractivity contribution in [1.29, 1.82) is 0 Å². The molecule has 0 spiro atoms. The molecule has 4 heteroatoms. The van der Waals surface area contributed by atoms with Crippen LogP contribution in [0.3, 0.4) is 0 Å². The van der Waals surface area contributed by atoms with Gasteiger partial charge in [0.15, 0.2) is 0 Å². The molecule has 24 heavy (non-hydrogen) atoms. The van der Waals surface area contributed by atoms with Gasteiger partial charge in [0.25, 0.3) is 0 Å². The van der Waals surface area contributed by atoms with Crippen LogP contribution < -0.4 is 15.2 Å². The average Bonchev–Trinajstić information content (AvgIpc) is 3.10. The van der Waals surface area contributed by atoms with Crippen LogP contribution in [0.25, 0.3) is 0 Å². The van der Waals surface area contributed by atoms with Crippen LogP contribution in [0.4, 0.5) is 5.69 Å². The number of nitrogens with one attached hydrogen (secondary N) is 1. The van der Waals surface area contributed by atoms with Crippen LogP contribution in [0.15, 0.2) is 54.6 Å².